The van der Waals surface area contributed by atoms with Crippen molar-refractivity contribution in [3.8, 4) is 0 Å². The van der Waals surface area contributed by atoms with E-state index in [2.05, 4.69) is 17.6 Å². The van der Waals surface area contributed by atoms with Crippen LogP contribution in [-0.2, 0) is 9.53 Å². The van der Waals surface area contributed by atoms with Crippen molar-refractivity contribution in [1.29, 1.82) is 0 Å². The van der Waals surface area contributed by atoms with Crippen LogP contribution in [0.25, 0.3) is 0 Å². The van der Waals surface area contributed by atoms with Crippen LogP contribution in [0.1, 0.15) is 33.1 Å². The highest BCUT2D eigenvalue weighted by molar-refractivity contribution is 5.81. The van der Waals surface area contributed by atoms with E-state index in [0.29, 0.717) is 18.1 Å². The Morgan fingerprint density at radius 1 is 1.44 bits per heavy atom. The van der Waals surface area contributed by atoms with Gasteiger partial charge in [0.1, 0.15) is 0 Å². The lowest BCUT2D eigenvalue weighted by molar-refractivity contribution is -0.122. The zero-order chi connectivity index (χ0) is 11.5. The highest BCUT2D eigenvalue weighted by Gasteiger charge is 2.27. The molecule has 1 aliphatic carbocycles. The van der Waals surface area contributed by atoms with E-state index in [9.17, 15) is 4.79 Å². The molecule has 92 valence electrons. The number of amides is 1. The van der Waals surface area contributed by atoms with Crippen LogP contribution in [0.15, 0.2) is 0 Å². The number of hydrogen-bond acceptors (Lipinski definition) is 3. The minimum absolute atomic E-state index is 0.0894. The minimum Gasteiger partial charge on any atom is -0.378 e. The van der Waals surface area contributed by atoms with E-state index in [0.717, 1.165) is 32.4 Å². The van der Waals surface area contributed by atoms with Crippen LogP contribution in [0, 0.1) is 5.92 Å². The van der Waals surface area contributed by atoms with Crippen molar-refractivity contribution in [1.82, 2.24) is 10.6 Å². The molecule has 0 bridgehead atoms. The molecule has 2 N–H and O–H groups in total. The Kier molecular flexibility index (Phi) is 3.82. The molecule has 4 nitrogen and oxygen atoms in total. The maximum Gasteiger partial charge on any atom is 0.237 e. The Hall–Kier alpha value is -0.610. The highest BCUT2D eigenvalue weighted by atomic mass is 16.5. The first-order valence-electron chi connectivity index (χ1n) is 6.32. The minimum atomic E-state index is -0.0894. The van der Waals surface area contributed by atoms with Crippen molar-refractivity contribution in [2.75, 3.05) is 13.2 Å². The van der Waals surface area contributed by atoms with Crippen LogP contribution < -0.4 is 10.6 Å². The van der Waals surface area contributed by atoms with Crippen molar-refractivity contribution in [2.45, 2.75) is 51.3 Å². The van der Waals surface area contributed by atoms with Gasteiger partial charge in [0.25, 0.3) is 0 Å². The average Bonchev–Trinajstić information content (AvgIpc) is 2.97. The van der Waals surface area contributed by atoms with E-state index in [1.165, 1.54) is 0 Å². The molecule has 0 spiro atoms. The standard InChI is InChI=1S/C12H22N2O2/c1-8(12(15)14-11-3-4-11)13-7-10-5-6-16-9(10)2/h8-11,13H,3-7H2,1-2H3,(H,14,15). The van der Waals surface area contributed by atoms with Gasteiger partial charge in [0.2, 0.25) is 5.91 Å². The van der Waals surface area contributed by atoms with Gasteiger partial charge in [0.15, 0.2) is 0 Å². The second-order valence-electron chi connectivity index (χ2n) is 5.04. The fourth-order valence-corrected chi connectivity index (χ4v) is 2.02. The lowest BCUT2D eigenvalue weighted by Gasteiger charge is -2.18. The van der Waals surface area contributed by atoms with Gasteiger partial charge in [0.05, 0.1) is 12.1 Å². The first-order chi connectivity index (χ1) is 7.66. The molecule has 2 rings (SSSR count). The molecular formula is C12H22N2O2. The summed E-state index contributed by atoms with van der Waals surface area (Å²) in [6.45, 7) is 5.77. The fraction of sp³-hybridized carbons (Fsp3) is 0.917. The van der Waals surface area contributed by atoms with Gasteiger partial charge in [-0.05, 0) is 39.0 Å². The van der Waals surface area contributed by atoms with Crippen molar-refractivity contribution >= 4 is 5.91 Å². The van der Waals surface area contributed by atoms with Crippen LogP contribution in [0.4, 0.5) is 0 Å². The molecule has 3 atom stereocenters. The predicted molar refractivity (Wildman–Crippen MR) is 62.2 cm³/mol. The zero-order valence-electron chi connectivity index (χ0n) is 10.2. The first kappa shape index (κ1) is 11.9. The average molecular weight is 226 g/mol. The van der Waals surface area contributed by atoms with E-state index in [1.807, 2.05) is 6.92 Å². The second-order valence-corrected chi connectivity index (χ2v) is 5.04. The Bertz CT molecular complexity index is 253. The maximum absolute atomic E-state index is 11.7. The molecule has 2 fully saturated rings. The monoisotopic (exact) mass is 226 g/mol. The van der Waals surface area contributed by atoms with Gasteiger partial charge >= 0.3 is 0 Å². The SMILES string of the molecule is CC(NCC1CCOC1C)C(=O)NC1CC1. The molecule has 0 aromatic heterocycles. The molecule has 2 aliphatic rings. The summed E-state index contributed by atoms with van der Waals surface area (Å²) in [5.41, 5.74) is 0. The predicted octanol–water partition coefficient (Wildman–Crippen LogP) is 0.668. The molecule has 3 unspecified atom stereocenters. The molecule has 1 amide bonds. The Labute approximate surface area is 97.1 Å². The summed E-state index contributed by atoms with van der Waals surface area (Å²) in [4.78, 5) is 11.7. The number of carbonyl (C=O) groups excluding carboxylic acids is 1. The van der Waals surface area contributed by atoms with Crippen LogP contribution in [0.5, 0.6) is 0 Å². The Morgan fingerprint density at radius 2 is 2.19 bits per heavy atom. The third-order valence-corrected chi connectivity index (χ3v) is 3.54. The van der Waals surface area contributed by atoms with Crippen LogP contribution in [0.2, 0.25) is 0 Å². The van der Waals surface area contributed by atoms with E-state index >= 15 is 0 Å². The topological polar surface area (TPSA) is 50.4 Å². The number of hydrogen-bond donors (Lipinski definition) is 2. The largest absolute Gasteiger partial charge is 0.378 e. The fourth-order valence-electron chi connectivity index (χ4n) is 2.02. The quantitative estimate of drug-likeness (QED) is 0.724. The van der Waals surface area contributed by atoms with E-state index in [4.69, 9.17) is 4.74 Å². The van der Waals surface area contributed by atoms with Crippen LogP contribution in [-0.4, -0.2) is 37.2 Å². The summed E-state index contributed by atoms with van der Waals surface area (Å²) in [6, 6.07) is 0.360. The van der Waals surface area contributed by atoms with Crippen LogP contribution in [0.3, 0.4) is 0 Å². The summed E-state index contributed by atoms with van der Waals surface area (Å²) in [5, 5.41) is 6.30. The summed E-state index contributed by atoms with van der Waals surface area (Å²) < 4.78 is 5.49. The highest BCUT2D eigenvalue weighted by Crippen LogP contribution is 2.20. The van der Waals surface area contributed by atoms with Crippen molar-refractivity contribution in [2.24, 2.45) is 5.92 Å². The van der Waals surface area contributed by atoms with E-state index in [1.54, 1.807) is 0 Å². The summed E-state index contributed by atoms with van der Waals surface area (Å²) in [5.74, 6) is 0.685. The third-order valence-electron chi connectivity index (χ3n) is 3.54. The lowest BCUT2D eigenvalue weighted by atomic mass is 10.0. The van der Waals surface area contributed by atoms with Gasteiger partial charge in [-0.3, -0.25) is 4.79 Å². The smallest absolute Gasteiger partial charge is 0.237 e. The van der Waals surface area contributed by atoms with Gasteiger partial charge in [-0.25, -0.2) is 0 Å². The van der Waals surface area contributed by atoms with Crippen molar-refractivity contribution < 1.29 is 9.53 Å². The molecule has 1 heterocycles. The molecular weight excluding hydrogens is 204 g/mol. The van der Waals surface area contributed by atoms with Crippen LogP contribution >= 0.6 is 0 Å². The Morgan fingerprint density at radius 3 is 2.75 bits per heavy atom. The number of nitrogens with one attached hydrogen (secondary N) is 2. The zero-order valence-corrected chi connectivity index (χ0v) is 10.2. The first-order valence-corrected chi connectivity index (χ1v) is 6.32. The van der Waals surface area contributed by atoms with E-state index in [-0.39, 0.29) is 11.9 Å². The summed E-state index contributed by atoms with van der Waals surface area (Å²) >= 11 is 0. The van der Waals surface area contributed by atoms with Gasteiger partial charge in [-0.15, -0.1) is 0 Å². The molecule has 1 saturated heterocycles. The molecule has 1 saturated carbocycles. The molecule has 0 aromatic rings. The summed E-state index contributed by atoms with van der Waals surface area (Å²) in [6.07, 6.45) is 3.72. The molecule has 0 aromatic carbocycles. The van der Waals surface area contributed by atoms with Gasteiger partial charge in [-0.1, -0.05) is 0 Å². The maximum atomic E-state index is 11.7. The van der Waals surface area contributed by atoms with Gasteiger partial charge in [-0.2, -0.15) is 0 Å². The molecule has 4 heteroatoms. The normalized spacial score (nSPS) is 31.4. The number of rotatable bonds is 5. The number of carbonyl (C=O) groups is 1. The van der Waals surface area contributed by atoms with Gasteiger partial charge < -0.3 is 15.4 Å². The van der Waals surface area contributed by atoms with Crippen molar-refractivity contribution in [3.05, 3.63) is 0 Å². The number of ether oxygens (including phenoxy) is 1. The van der Waals surface area contributed by atoms with Gasteiger partial charge in [0, 0.05) is 19.2 Å². The second kappa shape index (κ2) is 5.15. The lowest BCUT2D eigenvalue weighted by Crippen LogP contribution is -2.45. The Balaban J connectivity index is 1.65. The molecule has 16 heavy (non-hydrogen) atoms. The van der Waals surface area contributed by atoms with E-state index < -0.39 is 0 Å². The molecule has 0 radical (unpaired) electrons. The summed E-state index contributed by atoms with van der Waals surface area (Å²) in [7, 11) is 0. The van der Waals surface area contributed by atoms with Crippen molar-refractivity contribution in [3.63, 3.8) is 0 Å². The third kappa shape index (κ3) is 3.19. The molecule has 1 aliphatic heterocycles.